The number of likely N-dealkylation sites (tertiary alicyclic amines) is 1. The summed E-state index contributed by atoms with van der Waals surface area (Å²) in [6, 6.07) is 8.94. The van der Waals surface area contributed by atoms with Crippen molar-refractivity contribution >= 4 is 23.5 Å². The van der Waals surface area contributed by atoms with Gasteiger partial charge in [0.25, 0.3) is 5.91 Å². The van der Waals surface area contributed by atoms with Crippen molar-refractivity contribution in [2.45, 2.75) is 64.0 Å². The van der Waals surface area contributed by atoms with Gasteiger partial charge >= 0.3 is 6.03 Å². The Morgan fingerprint density at radius 3 is 2.28 bits per heavy atom. The number of carbonyl (C=O) groups excluding carboxylic acids is 3. The van der Waals surface area contributed by atoms with E-state index in [1.807, 2.05) is 37.3 Å². The van der Waals surface area contributed by atoms with Gasteiger partial charge < -0.3 is 15.5 Å². The maximum Gasteiger partial charge on any atom is 0.321 e. The molecule has 1 saturated heterocycles. The van der Waals surface area contributed by atoms with Crippen LogP contribution in [0.5, 0.6) is 0 Å². The zero-order chi connectivity index (χ0) is 20.6. The molecule has 1 atom stereocenters. The molecule has 1 saturated carbocycles. The van der Waals surface area contributed by atoms with Crippen molar-refractivity contribution in [1.29, 1.82) is 0 Å². The Morgan fingerprint density at radius 1 is 0.966 bits per heavy atom. The number of quaternary nitrogens is 1. The van der Waals surface area contributed by atoms with E-state index in [2.05, 4.69) is 16.0 Å². The van der Waals surface area contributed by atoms with Gasteiger partial charge in [-0.15, -0.1) is 0 Å². The molecule has 0 bridgehead atoms. The van der Waals surface area contributed by atoms with Crippen LogP contribution in [-0.2, 0) is 9.59 Å². The first-order chi connectivity index (χ1) is 14.0. The van der Waals surface area contributed by atoms with Gasteiger partial charge in [-0.3, -0.25) is 14.9 Å². The first-order valence-electron chi connectivity index (χ1n) is 10.8. The van der Waals surface area contributed by atoms with Crippen molar-refractivity contribution in [1.82, 2.24) is 10.6 Å². The molecule has 0 spiro atoms. The largest absolute Gasteiger partial charge is 0.335 e. The van der Waals surface area contributed by atoms with Gasteiger partial charge in [0.1, 0.15) is 0 Å². The zero-order valence-corrected chi connectivity index (χ0v) is 17.2. The van der Waals surface area contributed by atoms with Gasteiger partial charge in [-0.25, -0.2) is 4.79 Å². The average Bonchev–Trinajstić information content (AvgIpc) is 2.74. The average molecular weight is 402 g/mol. The van der Waals surface area contributed by atoms with Gasteiger partial charge in [0.15, 0.2) is 6.04 Å². The maximum absolute atomic E-state index is 12.5. The van der Waals surface area contributed by atoms with Gasteiger partial charge in [0.2, 0.25) is 5.91 Å². The quantitative estimate of drug-likeness (QED) is 0.602. The topological polar surface area (TPSA) is 91.7 Å². The summed E-state index contributed by atoms with van der Waals surface area (Å²) >= 11 is 0. The number of urea groups is 1. The van der Waals surface area contributed by atoms with Crippen molar-refractivity contribution in [3.8, 4) is 0 Å². The second-order valence-electron chi connectivity index (χ2n) is 8.31. The Balaban J connectivity index is 1.40. The molecular formula is C22H33N4O3+. The fourth-order valence-electron chi connectivity index (χ4n) is 4.32. The SMILES string of the molecule is C[C@H](C(=O)NC(=O)NC1CCCCC1)[NH+]1CCC(C(=O)Nc2ccccc2)CC1. The number of hydrogen-bond acceptors (Lipinski definition) is 3. The van der Waals surface area contributed by atoms with Crippen LogP contribution in [0.25, 0.3) is 0 Å². The van der Waals surface area contributed by atoms with E-state index in [-0.39, 0.29) is 35.8 Å². The van der Waals surface area contributed by atoms with E-state index in [4.69, 9.17) is 0 Å². The number of piperidine rings is 1. The molecule has 29 heavy (non-hydrogen) atoms. The molecule has 7 nitrogen and oxygen atoms in total. The summed E-state index contributed by atoms with van der Waals surface area (Å²) in [4.78, 5) is 38.2. The van der Waals surface area contributed by atoms with Crippen LogP contribution in [0.1, 0.15) is 51.9 Å². The standard InChI is InChI=1S/C22H32N4O3/c1-16(20(27)25-22(29)24-19-10-6-3-7-11-19)26-14-12-17(13-15-26)21(28)23-18-8-4-2-5-9-18/h2,4-5,8-9,16-17,19H,3,6-7,10-15H2,1H3,(H,23,28)(H2,24,25,27,29)/p+1/t16-/m1/s1. The van der Waals surface area contributed by atoms with Gasteiger partial charge in [-0.05, 0) is 31.9 Å². The van der Waals surface area contributed by atoms with Crippen LogP contribution in [0.2, 0.25) is 0 Å². The number of benzene rings is 1. The molecule has 2 aliphatic rings. The number of anilines is 1. The Labute approximate surface area is 172 Å². The number of imide groups is 1. The van der Waals surface area contributed by atoms with Crippen LogP contribution in [0.3, 0.4) is 0 Å². The van der Waals surface area contributed by atoms with E-state index in [9.17, 15) is 14.4 Å². The van der Waals surface area contributed by atoms with Crippen LogP contribution >= 0.6 is 0 Å². The van der Waals surface area contributed by atoms with Crippen molar-refractivity contribution in [2.75, 3.05) is 18.4 Å². The molecule has 0 unspecified atom stereocenters. The smallest absolute Gasteiger partial charge is 0.321 e. The Hall–Kier alpha value is -2.41. The van der Waals surface area contributed by atoms with Gasteiger partial charge in [0.05, 0.1) is 13.1 Å². The summed E-state index contributed by atoms with van der Waals surface area (Å²) in [6.45, 7) is 3.33. The zero-order valence-electron chi connectivity index (χ0n) is 17.2. The minimum Gasteiger partial charge on any atom is -0.335 e. The minimum atomic E-state index is -0.384. The molecule has 1 aromatic rings. The number of para-hydroxylation sites is 1. The number of hydrogen-bond donors (Lipinski definition) is 4. The first-order valence-corrected chi connectivity index (χ1v) is 10.8. The summed E-state index contributed by atoms with van der Waals surface area (Å²) in [5, 5.41) is 8.38. The fraction of sp³-hybridized carbons (Fsp3) is 0.591. The van der Waals surface area contributed by atoms with Gasteiger partial charge in [0, 0.05) is 30.5 Å². The van der Waals surface area contributed by atoms with Crippen LogP contribution in [0.4, 0.5) is 10.5 Å². The van der Waals surface area contributed by atoms with Crippen molar-refractivity contribution < 1.29 is 19.3 Å². The summed E-state index contributed by atoms with van der Waals surface area (Å²) in [5.41, 5.74) is 0.809. The highest BCUT2D eigenvalue weighted by Gasteiger charge is 2.33. The molecule has 4 N–H and O–H groups in total. The molecule has 0 aromatic heterocycles. The molecular weight excluding hydrogens is 368 g/mol. The molecule has 1 heterocycles. The van der Waals surface area contributed by atoms with Crippen LogP contribution in [0, 0.1) is 5.92 Å². The summed E-state index contributed by atoms with van der Waals surface area (Å²) in [5.74, 6) is -0.247. The van der Waals surface area contributed by atoms with Crippen LogP contribution in [-0.4, -0.2) is 43.0 Å². The summed E-state index contributed by atoms with van der Waals surface area (Å²) in [6.07, 6.45) is 6.93. The van der Waals surface area contributed by atoms with E-state index in [0.717, 1.165) is 62.2 Å². The number of carbonyl (C=O) groups is 3. The minimum absolute atomic E-state index is 0.0381. The predicted octanol–water partition coefficient (Wildman–Crippen LogP) is 1.47. The van der Waals surface area contributed by atoms with Crippen molar-refractivity contribution in [3.63, 3.8) is 0 Å². The molecule has 1 aliphatic carbocycles. The fourth-order valence-corrected chi connectivity index (χ4v) is 4.32. The lowest BCUT2D eigenvalue weighted by atomic mass is 9.94. The molecule has 0 radical (unpaired) electrons. The van der Waals surface area contributed by atoms with E-state index in [1.54, 1.807) is 0 Å². The third-order valence-electron chi connectivity index (χ3n) is 6.22. The normalized spacial score (nSPS) is 23.6. The number of amides is 4. The summed E-state index contributed by atoms with van der Waals surface area (Å²) < 4.78 is 0. The highest BCUT2D eigenvalue weighted by molar-refractivity contribution is 5.96. The van der Waals surface area contributed by atoms with Crippen LogP contribution in [0.15, 0.2) is 30.3 Å². The number of nitrogens with one attached hydrogen (secondary N) is 4. The molecule has 7 heteroatoms. The maximum atomic E-state index is 12.5. The molecule has 4 amide bonds. The molecule has 158 valence electrons. The van der Waals surface area contributed by atoms with E-state index in [0.29, 0.717) is 0 Å². The van der Waals surface area contributed by atoms with Crippen molar-refractivity contribution in [3.05, 3.63) is 30.3 Å². The molecule has 2 fully saturated rings. The molecule has 1 aliphatic heterocycles. The lowest BCUT2D eigenvalue weighted by molar-refractivity contribution is -0.919. The third kappa shape index (κ3) is 6.29. The van der Waals surface area contributed by atoms with Crippen LogP contribution < -0.4 is 20.9 Å². The Kier molecular flexibility index (Phi) is 7.63. The van der Waals surface area contributed by atoms with Gasteiger partial charge in [-0.1, -0.05) is 37.5 Å². The lowest BCUT2D eigenvalue weighted by Crippen LogP contribution is -3.17. The first kappa shape index (κ1) is 21.3. The summed E-state index contributed by atoms with van der Waals surface area (Å²) in [7, 11) is 0. The van der Waals surface area contributed by atoms with E-state index < -0.39 is 0 Å². The van der Waals surface area contributed by atoms with Gasteiger partial charge in [-0.2, -0.15) is 0 Å². The number of rotatable bonds is 5. The van der Waals surface area contributed by atoms with E-state index >= 15 is 0 Å². The van der Waals surface area contributed by atoms with Crippen molar-refractivity contribution in [2.24, 2.45) is 5.92 Å². The Bertz CT molecular complexity index is 695. The molecule has 3 rings (SSSR count). The van der Waals surface area contributed by atoms with E-state index in [1.165, 1.54) is 6.42 Å². The monoisotopic (exact) mass is 401 g/mol. The highest BCUT2D eigenvalue weighted by Crippen LogP contribution is 2.17. The molecule has 1 aromatic carbocycles. The predicted molar refractivity (Wildman–Crippen MR) is 112 cm³/mol. The lowest BCUT2D eigenvalue weighted by Gasteiger charge is -2.32. The Morgan fingerprint density at radius 2 is 1.62 bits per heavy atom. The highest BCUT2D eigenvalue weighted by atomic mass is 16.2. The second kappa shape index (κ2) is 10.4. The second-order valence-corrected chi connectivity index (χ2v) is 8.31. The third-order valence-corrected chi connectivity index (χ3v) is 6.22.